The molecule has 0 bridgehead atoms. The lowest BCUT2D eigenvalue weighted by Crippen LogP contribution is -2.33. The van der Waals surface area contributed by atoms with E-state index in [1.54, 1.807) is 0 Å². The fraction of sp³-hybridized carbons (Fsp3) is 0.381. The Bertz CT molecular complexity index is 720. The summed E-state index contributed by atoms with van der Waals surface area (Å²) in [5.41, 5.74) is 6.33. The molecule has 0 heterocycles. The van der Waals surface area contributed by atoms with Crippen LogP contribution in [0.15, 0.2) is 42.5 Å². The van der Waals surface area contributed by atoms with Gasteiger partial charge in [-0.15, -0.1) is 0 Å². The number of aryl methyl sites for hydroxylation is 3. The third-order valence-electron chi connectivity index (χ3n) is 4.95. The highest BCUT2D eigenvalue weighted by atomic mass is 16.2. The molecule has 0 radical (unpaired) electrons. The topological polar surface area (TPSA) is 20.3 Å². The van der Waals surface area contributed by atoms with Gasteiger partial charge in [-0.3, -0.25) is 4.79 Å². The molecule has 1 unspecified atom stereocenters. The summed E-state index contributed by atoms with van der Waals surface area (Å²) in [4.78, 5) is 14.9. The van der Waals surface area contributed by atoms with Crippen molar-refractivity contribution in [3.8, 4) is 0 Å². The fourth-order valence-corrected chi connectivity index (χ4v) is 3.63. The average molecular weight is 307 g/mol. The fourth-order valence-electron chi connectivity index (χ4n) is 3.63. The highest BCUT2D eigenvalue weighted by Crippen LogP contribution is 2.33. The Balaban J connectivity index is 1.78. The first-order chi connectivity index (χ1) is 11.1. The number of likely N-dealkylation sites (N-methyl/N-ethyl adjacent to an activating group) is 1. The van der Waals surface area contributed by atoms with Crippen molar-refractivity contribution >= 4 is 5.91 Å². The Kier molecular flexibility index (Phi) is 4.51. The number of benzene rings is 2. The minimum atomic E-state index is 0.0238. The van der Waals surface area contributed by atoms with Crippen LogP contribution >= 0.6 is 0 Å². The summed E-state index contributed by atoms with van der Waals surface area (Å²) in [7, 11) is 1.93. The van der Waals surface area contributed by atoms with Crippen LogP contribution in [0.3, 0.4) is 0 Å². The Morgan fingerprint density at radius 2 is 1.96 bits per heavy atom. The van der Waals surface area contributed by atoms with Crippen molar-refractivity contribution in [2.75, 3.05) is 7.05 Å². The van der Waals surface area contributed by atoms with Gasteiger partial charge in [0, 0.05) is 13.6 Å². The summed E-state index contributed by atoms with van der Waals surface area (Å²) in [6.45, 7) is 4.91. The van der Waals surface area contributed by atoms with E-state index in [9.17, 15) is 4.79 Å². The predicted molar refractivity (Wildman–Crippen MR) is 94.5 cm³/mol. The zero-order chi connectivity index (χ0) is 16.4. The molecule has 1 amide bonds. The number of nitrogens with zero attached hydrogens (tertiary/aromatic N) is 1. The molecule has 2 aromatic carbocycles. The maximum atomic E-state index is 13.0. The Morgan fingerprint density at radius 1 is 1.17 bits per heavy atom. The van der Waals surface area contributed by atoms with Gasteiger partial charge in [0.15, 0.2) is 0 Å². The zero-order valence-electron chi connectivity index (χ0n) is 14.3. The number of carbonyl (C=O) groups excluding carboxylic acids is 1. The van der Waals surface area contributed by atoms with E-state index in [2.05, 4.69) is 56.3 Å². The Hall–Kier alpha value is -2.09. The lowest BCUT2D eigenvalue weighted by Gasteiger charge is -2.29. The molecule has 0 saturated heterocycles. The molecule has 1 aliphatic carbocycles. The molecule has 0 spiro atoms. The molecule has 2 nitrogen and oxygen atoms in total. The van der Waals surface area contributed by atoms with Gasteiger partial charge < -0.3 is 4.90 Å². The summed E-state index contributed by atoms with van der Waals surface area (Å²) in [6, 6.07) is 14.9. The molecule has 0 aliphatic heterocycles. The number of fused-ring (bicyclic) bond motifs is 1. The van der Waals surface area contributed by atoms with E-state index >= 15 is 0 Å². The lowest BCUT2D eigenvalue weighted by molar-refractivity contribution is -0.132. The van der Waals surface area contributed by atoms with Gasteiger partial charge in [0.1, 0.15) is 0 Å². The van der Waals surface area contributed by atoms with Crippen molar-refractivity contribution in [3.63, 3.8) is 0 Å². The molecule has 2 heteroatoms. The van der Waals surface area contributed by atoms with Gasteiger partial charge >= 0.3 is 0 Å². The van der Waals surface area contributed by atoms with Crippen molar-refractivity contribution in [1.29, 1.82) is 0 Å². The van der Waals surface area contributed by atoms with E-state index in [4.69, 9.17) is 0 Å². The van der Waals surface area contributed by atoms with E-state index in [-0.39, 0.29) is 11.8 Å². The van der Waals surface area contributed by atoms with E-state index in [0.717, 1.165) is 19.3 Å². The van der Waals surface area contributed by atoms with Crippen LogP contribution in [0.4, 0.5) is 0 Å². The third kappa shape index (κ3) is 3.31. The molecule has 1 aliphatic rings. The molecule has 3 rings (SSSR count). The molecule has 0 fully saturated rings. The van der Waals surface area contributed by atoms with Crippen LogP contribution in [-0.4, -0.2) is 17.9 Å². The van der Waals surface area contributed by atoms with Gasteiger partial charge in [-0.05, 0) is 55.4 Å². The molecule has 1 atom stereocenters. The molecule has 0 aromatic heterocycles. The third-order valence-corrected chi connectivity index (χ3v) is 4.95. The van der Waals surface area contributed by atoms with Gasteiger partial charge in [0.25, 0.3) is 0 Å². The summed E-state index contributed by atoms with van der Waals surface area (Å²) < 4.78 is 0. The number of carbonyl (C=O) groups is 1. The second-order valence-electron chi connectivity index (χ2n) is 6.77. The largest absolute Gasteiger partial charge is 0.341 e. The molecule has 0 saturated carbocycles. The van der Waals surface area contributed by atoms with Crippen LogP contribution < -0.4 is 0 Å². The van der Waals surface area contributed by atoms with Gasteiger partial charge in [-0.25, -0.2) is 0 Å². The molecular formula is C21H25NO. The highest BCUT2D eigenvalue weighted by Gasteiger charge is 2.28. The van der Waals surface area contributed by atoms with Crippen LogP contribution in [0, 0.1) is 13.8 Å². The molecule has 120 valence electrons. The number of hydrogen-bond donors (Lipinski definition) is 0. The highest BCUT2D eigenvalue weighted by molar-refractivity contribution is 5.84. The average Bonchev–Trinajstić information content (AvgIpc) is 2.56. The first-order valence-electron chi connectivity index (χ1n) is 8.45. The van der Waals surface area contributed by atoms with Gasteiger partial charge in [-0.2, -0.15) is 0 Å². The maximum Gasteiger partial charge on any atom is 0.230 e. The summed E-state index contributed by atoms with van der Waals surface area (Å²) in [5, 5.41) is 0. The Labute approximate surface area is 139 Å². The van der Waals surface area contributed by atoms with Crippen LogP contribution in [0.2, 0.25) is 0 Å². The molecule has 23 heavy (non-hydrogen) atoms. The lowest BCUT2D eigenvalue weighted by atomic mass is 9.82. The zero-order valence-corrected chi connectivity index (χ0v) is 14.3. The van der Waals surface area contributed by atoms with Gasteiger partial charge in [0.2, 0.25) is 5.91 Å². The maximum absolute atomic E-state index is 13.0. The van der Waals surface area contributed by atoms with Crippen LogP contribution in [0.1, 0.15) is 46.6 Å². The van der Waals surface area contributed by atoms with Crippen molar-refractivity contribution in [2.24, 2.45) is 0 Å². The molecule has 2 aromatic rings. The van der Waals surface area contributed by atoms with E-state index in [1.807, 2.05) is 11.9 Å². The van der Waals surface area contributed by atoms with E-state index in [0.29, 0.717) is 6.54 Å². The normalized spacial score (nSPS) is 16.7. The number of amides is 1. The van der Waals surface area contributed by atoms with Gasteiger partial charge in [0.05, 0.1) is 5.92 Å². The number of hydrogen-bond acceptors (Lipinski definition) is 1. The predicted octanol–water partition coefficient (Wildman–Crippen LogP) is 4.38. The summed E-state index contributed by atoms with van der Waals surface area (Å²) >= 11 is 0. The van der Waals surface area contributed by atoms with E-state index in [1.165, 1.54) is 27.8 Å². The Morgan fingerprint density at radius 3 is 2.74 bits per heavy atom. The SMILES string of the molecule is Cc1ccc(CN(C)C(=O)C2CCCc3ccccc32)c(C)c1. The first-order valence-corrected chi connectivity index (χ1v) is 8.45. The van der Waals surface area contributed by atoms with E-state index < -0.39 is 0 Å². The van der Waals surface area contributed by atoms with Crippen LogP contribution in [-0.2, 0) is 17.8 Å². The molecular weight excluding hydrogens is 282 g/mol. The number of rotatable bonds is 3. The standard InChI is InChI=1S/C21H25NO/c1-15-11-12-18(16(2)13-15)14-22(3)21(23)20-10-6-8-17-7-4-5-9-19(17)20/h4-5,7,9,11-13,20H,6,8,10,14H2,1-3H3. The van der Waals surface area contributed by atoms with Crippen molar-refractivity contribution in [2.45, 2.75) is 45.6 Å². The monoisotopic (exact) mass is 307 g/mol. The van der Waals surface area contributed by atoms with Gasteiger partial charge in [-0.1, -0.05) is 48.0 Å². The smallest absolute Gasteiger partial charge is 0.230 e. The van der Waals surface area contributed by atoms with Crippen LogP contribution in [0.5, 0.6) is 0 Å². The van der Waals surface area contributed by atoms with Crippen molar-refractivity contribution in [3.05, 3.63) is 70.3 Å². The van der Waals surface area contributed by atoms with Crippen molar-refractivity contribution in [1.82, 2.24) is 4.90 Å². The summed E-state index contributed by atoms with van der Waals surface area (Å²) in [6.07, 6.45) is 3.17. The minimum Gasteiger partial charge on any atom is -0.341 e. The molecule has 0 N–H and O–H groups in total. The second kappa shape index (κ2) is 6.57. The minimum absolute atomic E-state index is 0.0238. The van der Waals surface area contributed by atoms with Crippen molar-refractivity contribution < 1.29 is 4.79 Å². The quantitative estimate of drug-likeness (QED) is 0.824. The van der Waals surface area contributed by atoms with Crippen LogP contribution in [0.25, 0.3) is 0 Å². The first kappa shape index (κ1) is 15.8. The second-order valence-corrected chi connectivity index (χ2v) is 6.77. The summed E-state index contributed by atoms with van der Waals surface area (Å²) in [5.74, 6) is 0.271.